The summed E-state index contributed by atoms with van der Waals surface area (Å²) >= 11 is 1.67. The lowest BCUT2D eigenvalue weighted by Gasteiger charge is -2.13. The van der Waals surface area contributed by atoms with Gasteiger partial charge < -0.3 is 21.1 Å². The molecule has 0 aliphatic carbocycles. The van der Waals surface area contributed by atoms with Crippen LogP contribution in [0.5, 0.6) is 0 Å². The van der Waals surface area contributed by atoms with Gasteiger partial charge in [0.05, 0.1) is 12.1 Å². The maximum absolute atomic E-state index is 12.2. The molecular weight excluding hydrogens is 374 g/mol. The van der Waals surface area contributed by atoms with Crippen molar-refractivity contribution in [1.29, 1.82) is 0 Å². The van der Waals surface area contributed by atoms with Crippen molar-refractivity contribution in [2.24, 2.45) is 5.73 Å². The molecular formula is C18H28ClN3O3S. The number of carbonyl (C=O) groups is 2. The van der Waals surface area contributed by atoms with E-state index in [0.29, 0.717) is 25.1 Å². The zero-order valence-electron chi connectivity index (χ0n) is 15.0. The predicted octanol–water partition coefficient (Wildman–Crippen LogP) is 1.71. The highest BCUT2D eigenvalue weighted by atomic mass is 35.5. The number of nitrogens with two attached hydrogens (primary N) is 1. The highest BCUT2D eigenvalue weighted by Crippen LogP contribution is 2.11. The standard InChI is InChI=1S/C18H27N3O3S.ClH/c1-25-9-7-16(19)18(23)20-11-13-4-2-5-14(10-13)17(22)21-12-15-6-3-8-24-15;/h2,4-5,10,15-16H,3,6-9,11-12,19H2,1H3,(H,20,23)(H,21,22);1H/t15?,16-;/m0./s1. The highest BCUT2D eigenvalue weighted by molar-refractivity contribution is 7.98. The second-order valence-corrected chi connectivity index (χ2v) is 7.14. The first-order chi connectivity index (χ1) is 12.1. The van der Waals surface area contributed by atoms with Crippen molar-refractivity contribution in [3.05, 3.63) is 35.4 Å². The molecule has 0 spiro atoms. The first kappa shape index (κ1) is 22.8. The van der Waals surface area contributed by atoms with Crippen molar-refractivity contribution in [2.75, 3.05) is 25.2 Å². The van der Waals surface area contributed by atoms with Gasteiger partial charge in [-0.05, 0) is 49.0 Å². The SMILES string of the molecule is CSCC[C@H](N)C(=O)NCc1cccc(C(=O)NCC2CCCO2)c1.Cl. The number of benzene rings is 1. The third-order valence-corrected chi connectivity index (χ3v) is 4.78. The van der Waals surface area contributed by atoms with Gasteiger partial charge in [-0.1, -0.05) is 12.1 Å². The van der Waals surface area contributed by atoms with Crippen molar-refractivity contribution < 1.29 is 14.3 Å². The molecule has 1 heterocycles. The van der Waals surface area contributed by atoms with Crippen LogP contribution in [0, 0.1) is 0 Å². The summed E-state index contributed by atoms with van der Waals surface area (Å²) in [5.41, 5.74) is 7.29. The molecule has 1 fully saturated rings. The number of thioether (sulfide) groups is 1. The highest BCUT2D eigenvalue weighted by Gasteiger charge is 2.17. The summed E-state index contributed by atoms with van der Waals surface area (Å²) in [5, 5.41) is 5.73. The van der Waals surface area contributed by atoms with Gasteiger partial charge in [0, 0.05) is 25.3 Å². The van der Waals surface area contributed by atoms with E-state index in [9.17, 15) is 9.59 Å². The van der Waals surface area contributed by atoms with Crippen molar-refractivity contribution in [2.45, 2.75) is 38.0 Å². The van der Waals surface area contributed by atoms with Gasteiger partial charge in [-0.15, -0.1) is 12.4 Å². The fourth-order valence-electron chi connectivity index (χ4n) is 2.63. The first-order valence-electron chi connectivity index (χ1n) is 8.61. The zero-order valence-corrected chi connectivity index (χ0v) is 16.7. The van der Waals surface area contributed by atoms with E-state index >= 15 is 0 Å². The Morgan fingerprint density at radius 3 is 2.88 bits per heavy atom. The van der Waals surface area contributed by atoms with Crippen LogP contribution in [0.4, 0.5) is 0 Å². The van der Waals surface area contributed by atoms with E-state index in [2.05, 4.69) is 10.6 Å². The molecule has 1 aromatic rings. The molecule has 4 N–H and O–H groups in total. The molecule has 1 aliphatic rings. The molecule has 6 nitrogen and oxygen atoms in total. The topological polar surface area (TPSA) is 93.5 Å². The van der Waals surface area contributed by atoms with Crippen molar-refractivity contribution in [3.8, 4) is 0 Å². The number of rotatable bonds is 9. The van der Waals surface area contributed by atoms with Crippen molar-refractivity contribution in [3.63, 3.8) is 0 Å². The van der Waals surface area contributed by atoms with E-state index in [1.54, 1.807) is 23.9 Å². The number of nitrogens with one attached hydrogen (secondary N) is 2. The molecule has 2 amide bonds. The third-order valence-electron chi connectivity index (χ3n) is 4.14. The Labute approximate surface area is 165 Å². The van der Waals surface area contributed by atoms with Gasteiger partial charge in [0.1, 0.15) is 0 Å². The minimum absolute atomic E-state index is 0. The van der Waals surface area contributed by atoms with E-state index in [4.69, 9.17) is 10.5 Å². The summed E-state index contributed by atoms with van der Waals surface area (Å²) in [4.78, 5) is 24.2. The molecule has 1 aliphatic heterocycles. The number of hydrogen-bond acceptors (Lipinski definition) is 5. The predicted molar refractivity (Wildman–Crippen MR) is 108 cm³/mol. The molecule has 0 saturated carbocycles. The van der Waals surface area contributed by atoms with Crippen LogP contribution in [0.15, 0.2) is 24.3 Å². The zero-order chi connectivity index (χ0) is 18.1. The average molecular weight is 402 g/mol. The summed E-state index contributed by atoms with van der Waals surface area (Å²) in [5.74, 6) is 0.567. The van der Waals surface area contributed by atoms with E-state index in [1.165, 1.54) is 0 Å². The average Bonchev–Trinajstić information content (AvgIpc) is 3.16. The van der Waals surface area contributed by atoms with Crippen LogP contribution in [0.1, 0.15) is 35.2 Å². The van der Waals surface area contributed by atoms with Gasteiger partial charge in [-0.25, -0.2) is 0 Å². The molecule has 1 saturated heterocycles. The second kappa shape index (κ2) is 12.2. The summed E-state index contributed by atoms with van der Waals surface area (Å²) < 4.78 is 5.50. The Morgan fingerprint density at radius 1 is 1.38 bits per heavy atom. The van der Waals surface area contributed by atoms with Gasteiger partial charge in [-0.2, -0.15) is 11.8 Å². The van der Waals surface area contributed by atoms with Crippen LogP contribution in [0.2, 0.25) is 0 Å². The van der Waals surface area contributed by atoms with E-state index in [0.717, 1.165) is 30.8 Å². The monoisotopic (exact) mass is 401 g/mol. The van der Waals surface area contributed by atoms with E-state index in [1.807, 2.05) is 18.4 Å². The fourth-order valence-corrected chi connectivity index (χ4v) is 3.12. The summed E-state index contributed by atoms with van der Waals surface area (Å²) in [6.07, 6.45) is 4.80. The van der Waals surface area contributed by atoms with Crippen LogP contribution in [0.25, 0.3) is 0 Å². The summed E-state index contributed by atoms with van der Waals surface area (Å²) in [7, 11) is 0. The number of halogens is 1. The van der Waals surface area contributed by atoms with Crippen molar-refractivity contribution in [1.82, 2.24) is 10.6 Å². The molecule has 1 aromatic carbocycles. The Balaban J connectivity index is 0.00000338. The minimum Gasteiger partial charge on any atom is -0.376 e. The molecule has 0 aromatic heterocycles. The largest absolute Gasteiger partial charge is 0.376 e. The quantitative estimate of drug-likeness (QED) is 0.585. The lowest BCUT2D eigenvalue weighted by Crippen LogP contribution is -2.40. The molecule has 2 atom stereocenters. The Kier molecular flexibility index (Phi) is 10.7. The number of ether oxygens (including phenoxy) is 1. The fraction of sp³-hybridized carbons (Fsp3) is 0.556. The van der Waals surface area contributed by atoms with E-state index in [-0.39, 0.29) is 30.3 Å². The normalized spacial score (nSPS) is 17.2. The van der Waals surface area contributed by atoms with Crippen molar-refractivity contribution >= 4 is 36.0 Å². The Bertz CT molecular complexity index is 583. The lowest BCUT2D eigenvalue weighted by atomic mass is 10.1. The Hall–Kier alpha value is -1.28. The van der Waals surface area contributed by atoms with Crippen LogP contribution < -0.4 is 16.4 Å². The molecule has 0 radical (unpaired) electrons. The number of amides is 2. The van der Waals surface area contributed by atoms with Crippen LogP contribution >= 0.6 is 24.2 Å². The van der Waals surface area contributed by atoms with E-state index < -0.39 is 6.04 Å². The lowest BCUT2D eigenvalue weighted by molar-refractivity contribution is -0.122. The summed E-state index contributed by atoms with van der Waals surface area (Å²) in [6, 6.07) is 6.75. The first-order valence-corrected chi connectivity index (χ1v) is 10.0. The maximum Gasteiger partial charge on any atom is 0.251 e. The smallest absolute Gasteiger partial charge is 0.251 e. The molecule has 0 bridgehead atoms. The van der Waals surface area contributed by atoms with Gasteiger partial charge in [0.2, 0.25) is 5.91 Å². The molecule has 2 rings (SSSR count). The van der Waals surface area contributed by atoms with Gasteiger partial charge in [0.15, 0.2) is 0 Å². The van der Waals surface area contributed by atoms with Crippen LogP contribution in [-0.4, -0.2) is 49.1 Å². The Morgan fingerprint density at radius 2 is 2.19 bits per heavy atom. The maximum atomic E-state index is 12.2. The second-order valence-electron chi connectivity index (χ2n) is 6.15. The van der Waals surface area contributed by atoms with Gasteiger partial charge >= 0.3 is 0 Å². The molecule has 26 heavy (non-hydrogen) atoms. The van der Waals surface area contributed by atoms with Gasteiger partial charge in [-0.3, -0.25) is 9.59 Å². The minimum atomic E-state index is -0.495. The molecule has 146 valence electrons. The number of carbonyl (C=O) groups excluding carboxylic acids is 2. The van der Waals surface area contributed by atoms with Gasteiger partial charge in [0.25, 0.3) is 5.91 Å². The molecule has 1 unspecified atom stereocenters. The third kappa shape index (κ3) is 7.53. The number of hydrogen-bond donors (Lipinski definition) is 3. The van der Waals surface area contributed by atoms with Crippen LogP contribution in [-0.2, 0) is 16.1 Å². The molecule has 8 heteroatoms. The van der Waals surface area contributed by atoms with Crippen LogP contribution in [0.3, 0.4) is 0 Å². The summed E-state index contributed by atoms with van der Waals surface area (Å²) in [6.45, 7) is 1.66.